The Labute approximate surface area is 118 Å². The fourth-order valence-electron chi connectivity index (χ4n) is 1.98. The molecule has 114 valence electrons. The van der Waals surface area contributed by atoms with Crippen molar-refractivity contribution in [3.63, 3.8) is 0 Å². The van der Waals surface area contributed by atoms with Crippen molar-refractivity contribution in [3.05, 3.63) is 45.8 Å². The molecule has 1 aromatic carbocycles. The average molecular weight is 301 g/mol. The summed E-state index contributed by atoms with van der Waals surface area (Å²) >= 11 is 0. The van der Waals surface area contributed by atoms with Gasteiger partial charge in [0.1, 0.15) is 11.7 Å². The van der Waals surface area contributed by atoms with Crippen LogP contribution >= 0.6 is 0 Å². The molecular formula is C13H13F2NO5. The molecular weight excluding hydrogens is 288 g/mol. The third-order valence-electron chi connectivity index (χ3n) is 3.08. The number of nitro groups is 1. The van der Waals surface area contributed by atoms with Crippen molar-refractivity contribution < 1.29 is 28.0 Å². The van der Waals surface area contributed by atoms with E-state index < -0.39 is 40.6 Å². The number of hydrogen-bond donors (Lipinski definition) is 0. The van der Waals surface area contributed by atoms with Crippen LogP contribution in [0, 0.1) is 15.9 Å². The lowest BCUT2D eigenvalue weighted by atomic mass is 9.80. The van der Waals surface area contributed by atoms with Crippen LogP contribution in [0.2, 0.25) is 0 Å². The van der Waals surface area contributed by atoms with Gasteiger partial charge in [0, 0.05) is 4.92 Å². The number of ketones is 1. The van der Waals surface area contributed by atoms with Gasteiger partial charge in [-0.15, -0.1) is 0 Å². The van der Waals surface area contributed by atoms with Gasteiger partial charge in [-0.2, -0.15) is 0 Å². The van der Waals surface area contributed by atoms with E-state index in [0.29, 0.717) is 0 Å². The number of nitrogens with zero attached hydrogens (tertiary/aromatic N) is 1. The number of halogens is 2. The van der Waals surface area contributed by atoms with Crippen molar-refractivity contribution in [2.24, 2.45) is 0 Å². The minimum absolute atomic E-state index is 0.0452. The summed E-state index contributed by atoms with van der Waals surface area (Å²) in [5, 5.41) is 10.7. The maximum absolute atomic E-state index is 14.9. The van der Waals surface area contributed by atoms with Crippen molar-refractivity contribution >= 4 is 11.8 Å². The summed E-state index contributed by atoms with van der Waals surface area (Å²) in [6.07, 6.45) is 0. The predicted octanol–water partition coefficient (Wildman–Crippen LogP) is 1.66. The second kappa shape index (κ2) is 6.38. The molecule has 0 spiro atoms. The van der Waals surface area contributed by atoms with Gasteiger partial charge in [-0.3, -0.25) is 14.9 Å². The molecule has 0 radical (unpaired) electrons. The molecule has 1 aromatic rings. The highest BCUT2D eigenvalue weighted by molar-refractivity contribution is 6.07. The van der Waals surface area contributed by atoms with Gasteiger partial charge in [0.25, 0.3) is 5.67 Å². The predicted molar refractivity (Wildman–Crippen MR) is 67.5 cm³/mol. The number of hydrogen-bond acceptors (Lipinski definition) is 5. The van der Waals surface area contributed by atoms with E-state index in [-0.39, 0.29) is 5.56 Å². The Kier molecular flexibility index (Phi) is 5.07. The van der Waals surface area contributed by atoms with Crippen molar-refractivity contribution in [3.8, 4) is 0 Å². The van der Waals surface area contributed by atoms with E-state index in [1.165, 1.54) is 0 Å². The molecule has 0 saturated carbocycles. The number of esters is 1. The third kappa shape index (κ3) is 3.39. The Morgan fingerprint density at radius 2 is 1.90 bits per heavy atom. The summed E-state index contributed by atoms with van der Waals surface area (Å²) in [5.74, 6) is -5.08. The minimum atomic E-state index is -3.21. The first-order valence-corrected chi connectivity index (χ1v) is 5.89. The highest BCUT2D eigenvalue weighted by Gasteiger charge is 2.55. The van der Waals surface area contributed by atoms with Crippen LogP contribution in [0.4, 0.5) is 8.78 Å². The summed E-state index contributed by atoms with van der Waals surface area (Å²) < 4.78 is 32.1. The molecule has 0 bridgehead atoms. The molecule has 0 amide bonds. The number of ether oxygens (including phenoxy) is 1. The van der Waals surface area contributed by atoms with E-state index in [2.05, 4.69) is 4.74 Å². The van der Waals surface area contributed by atoms with Crippen LogP contribution in [0.15, 0.2) is 24.3 Å². The number of rotatable bonds is 6. The second-order valence-electron chi connectivity index (χ2n) is 4.38. The molecule has 8 heteroatoms. The molecule has 0 aliphatic carbocycles. The first-order valence-electron chi connectivity index (χ1n) is 5.89. The summed E-state index contributed by atoms with van der Waals surface area (Å²) in [6, 6.07) is 4.09. The van der Waals surface area contributed by atoms with Crippen molar-refractivity contribution in [2.75, 3.05) is 13.7 Å². The van der Waals surface area contributed by atoms with Crippen molar-refractivity contribution in [1.82, 2.24) is 0 Å². The molecule has 0 aromatic heterocycles. The average Bonchev–Trinajstić information content (AvgIpc) is 2.43. The molecule has 0 heterocycles. The fraction of sp³-hybridized carbons (Fsp3) is 0.385. The van der Waals surface area contributed by atoms with E-state index in [1.54, 1.807) is 0 Å². The van der Waals surface area contributed by atoms with E-state index in [4.69, 9.17) is 0 Å². The highest BCUT2D eigenvalue weighted by atomic mass is 19.1. The van der Waals surface area contributed by atoms with Crippen molar-refractivity contribution in [1.29, 1.82) is 0 Å². The third-order valence-corrected chi connectivity index (χ3v) is 3.08. The maximum Gasteiger partial charge on any atom is 0.352 e. The monoisotopic (exact) mass is 301 g/mol. The van der Waals surface area contributed by atoms with Crippen molar-refractivity contribution in [2.45, 2.75) is 18.5 Å². The Morgan fingerprint density at radius 1 is 1.38 bits per heavy atom. The number of Topliss-reactive ketones (excluding diaryl/α,β-unsaturated/α-hetero) is 1. The van der Waals surface area contributed by atoms with E-state index in [9.17, 15) is 28.5 Å². The number of carbonyl (C=O) groups excluding carboxylic acids is 2. The van der Waals surface area contributed by atoms with Gasteiger partial charge in [0.05, 0.1) is 7.11 Å². The first kappa shape index (κ1) is 16.7. The van der Waals surface area contributed by atoms with Gasteiger partial charge in [0.2, 0.25) is 6.54 Å². The van der Waals surface area contributed by atoms with Gasteiger partial charge >= 0.3 is 5.97 Å². The van der Waals surface area contributed by atoms with Crippen LogP contribution in [0.25, 0.3) is 0 Å². The normalized spacial score (nSPS) is 14.9. The zero-order valence-corrected chi connectivity index (χ0v) is 11.3. The zero-order chi connectivity index (χ0) is 16.2. The van der Waals surface area contributed by atoms with Crippen LogP contribution in [-0.4, -0.2) is 36.0 Å². The van der Waals surface area contributed by atoms with Crippen LogP contribution < -0.4 is 0 Å². The second-order valence-corrected chi connectivity index (χ2v) is 4.38. The molecule has 0 N–H and O–H groups in total. The Morgan fingerprint density at radius 3 is 2.29 bits per heavy atom. The van der Waals surface area contributed by atoms with E-state index in [0.717, 1.165) is 38.3 Å². The van der Waals surface area contributed by atoms with Crippen LogP contribution in [0.1, 0.15) is 18.4 Å². The molecule has 0 aliphatic rings. The molecule has 21 heavy (non-hydrogen) atoms. The SMILES string of the molecule is COC(=O)[C@](F)(C(C)=O)[C@H](C[N+](=O)[O-])c1ccc(F)cc1. The maximum atomic E-state index is 14.9. The van der Waals surface area contributed by atoms with Crippen LogP contribution in [-0.2, 0) is 14.3 Å². The molecule has 0 unspecified atom stereocenters. The largest absolute Gasteiger partial charge is 0.466 e. The van der Waals surface area contributed by atoms with Crippen LogP contribution in [0.5, 0.6) is 0 Å². The number of benzene rings is 1. The molecule has 1 rings (SSSR count). The van der Waals surface area contributed by atoms with Crippen LogP contribution in [0.3, 0.4) is 0 Å². The van der Waals surface area contributed by atoms with Gasteiger partial charge in [0.15, 0.2) is 5.78 Å². The zero-order valence-electron chi connectivity index (χ0n) is 11.3. The Balaban J connectivity index is 3.40. The Hall–Kier alpha value is -2.38. The minimum Gasteiger partial charge on any atom is -0.466 e. The first-order chi connectivity index (χ1) is 9.73. The Bertz CT molecular complexity index is 560. The van der Waals surface area contributed by atoms with Gasteiger partial charge < -0.3 is 4.74 Å². The summed E-state index contributed by atoms with van der Waals surface area (Å²) in [5.41, 5.74) is -3.25. The van der Waals surface area contributed by atoms with Gasteiger partial charge in [-0.25, -0.2) is 13.6 Å². The molecule has 6 nitrogen and oxygen atoms in total. The van der Waals surface area contributed by atoms with E-state index >= 15 is 0 Å². The molecule has 0 aliphatic heterocycles. The topological polar surface area (TPSA) is 86.5 Å². The number of alkyl halides is 1. The quantitative estimate of drug-likeness (QED) is 0.345. The smallest absolute Gasteiger partial charge is 0.352 e. The lowest BCUT2D eigenvalue weighted by Gasteiger charge is -2.26. The number of methoxy groups -OCH3 is 1. The standard InChI is InChI=1S/C13H13F2NO5/c1-8(17)13(15,12(18)21-2)11(7-16(19)20)9-3-5-10(14)6-4-9/h3-6,11H,7H2,1-2H3/t11-,13+/m1/s1. The lowest BCUT2D eigenvalue weighted by Crippen LogP contribution is -2.49. The summed E-state index contributed by atoms with van der Waals surface area (Å²) in [6.45, 7) is -0.218. The summed E-state index contributed by atoms with van der Waals surface area (Å²) in [7, 11) is 0.869. The molecule has 2 atom stereocenters. The summed E-state index contributed by atoms with van der Waals surface area (Å²) in [4.78, 5) is 33.1. The molecule has 0 fully saturated rings. The highest BCUT2D eigenvalue weighted by Crippen LogP contribution is 2.34. The van der Waals surface area contributed by atoms with Gasteiger partial charge in [-0.1, -0.05) is 12.1 Å². The van der Waals surface area contributed by atoms with E-state index in [1.807, 2.05) is 0 Å². The number of carbonyl (C=O) groups is 2. The lowest BCUT2D eigenvalue weighted by molar-refractivity contribution is -0.485. The fourth-order valence-corrected chi connectivity index (χ4v) is 1.98. The molecule has 0 saturated heterocycles. The van der Waals surface area contributed by atoms with Gasteiger partial charge in [-0.05, 0) is 24.6 Å².